The van der Waals surface area contributed by atoms with Gasteiger partial charge in [-0.25, -0.2) is 4.68 Å². The monoisotopic (exact) mass is 351 g/mol. The fourth-order valence-electron chi connectivity index (χ4n) is 3.23. The molecule has 6 nitrogen and oxygen atoms in total. The van der Waals surface area contributed by atoms with E-state index in [0.717, 1.165) is 38.9 Å². The molecule has 25 heavy (non-hydrogen) atoms. The Morgan fingerprint density at radius 3 is 2.80 bits per heavy atom. The van der Waals surface area contributed by atoms with Crippen molar-refractivity contribution in [2.75, 3.05) is 6.79 Å². The van der Waals surface area contributed by atoms with Crippen LogP contribution in [0.1, 0.15) is 16.1 Å². The largest absolute Gasteiger partial charge is 0.454 e. The number of carbonyl (C=O) groups excluding carboxylic acids is 1. The number of hydrogen-bond acceptors (Lipinski definition) is 5. The molecule has 2 aliphatic heterocycles. The van der Waals surface area contributed by atoms with E-state index in [0.29, 0.717) is 11.4 Å². The van der Waals surface area contributed by atoms with Crippen molar-refractivity contribution in [3.8, 4) is 28.4 Å². The number of benzene rings is 2. The van der Waals surface area contributed by atoms with Crippen molar-refractivity contribution < 1.29 is 14.3 Å². The molecule has 2 aliphatic rings. The SMILES string of the molecule is NC(=O)c1nn(-c2ccccc2)c2c1SCc1c-2ccc2c1OCO2. The van der Waals surface area contributed by atoms with Crippen molar-refractivity contribution in [3.63, 3.8) is 0 Å². The lowest BCUT2D eigenvalue weighted by Crippen LogP contribution is -2.13. The van der Waals surface area contributed by atoms with Crippen molar-refractivity contribution in [1.82, 2.24) is 9.78 Å². The van der Waals surface area contributed by atoms with Crippen LogP contribution in [0.3, 0.4) is 0 Å². The minimum absolute atomic E-state index is 0.230. The summed E-state index contributed by atoms with van der Waals surface area (Å²) in [4.78, 5) is 12.7. The van der Waals surface area contributed by atoms with Gasteiger partial charge in [0.15, 0.2) is 17.2 Å². The maximum atomic E-state index is 11.9. The smallest absolute Gasteiger partial charge is 0.270 e. The van der Waals surface area contributed by atoms with E-state index in [-0.39, 0.29) is 6.79 Å². The normalized spacial score (nSPS) is 14.1. The predicted octanol–water partition coefficient (Wildman–Crippen LogP) is 2.97. The minimum atomic E-state index is -0.525. The van der Waals surface area contributed by atoms with Gasteiger partial charge in [-0.1, -0.05) is 18.2 Å². The first-order chi connectivity index (χ1) is 12.2. The molecule has 0 radical (unpaired) electrons. The zero-order chi connectivity index (χ0) is 17.0. The molecule has 0 bridgehead atoms. The van der Waals surface area contributed by atoms with E-state index < -0.39 is 5.91 Å². The van der Waals surface area contributed by atoms with Crippen LogP contribution in [0.25, 0.3) is 16.9 Å². The molecule has 0 saturated heterocycles. The zero-order valence-electron chi connectivity index (χ0n) is 13.1. The molecule has 124 valence electrons. The van der Waals surface area contributed by atoms with Crippen LogP contribution in [0.15, 0.2) is 47.4 Å². The zero-order valence-corrected chi connectivity index (χ0v) is 13.9. The molecule has 1 amide bonds. The van der Waals surface area contributed by atoms with Gasteiger partial charge in [0.1, 0.15) is 0 Å². The highest BCUT2D eigenvalue weighted by Crippen LogP contribution is 2.50. The van der Waals surface area contributed by atoms with E-state index >= 15 is 0 Å². The Kier molecular flexibility index (Phi) is 3.05. The van der Waals surface area contributed by atoms with Crippen molar-refractivity contribution in [2.45, 2.75) is 10.6 Å². The first-order valence-electron chi connectivity index (χ1n) is 7.77. The molecule has 2 aromatic carbocycles. The first kappa shape index (κ1) is 14.4. The van der Waals surface area contributed by atoms with Crippen molar-refractivity contribution in [2.24, 2.45) is 5.73 Å². The Labute approximate surface area is 147 Å². The lowest BCUT2D eigenvalue weighted by Gasteiger charge is -2.19. The molecule has 2 N–H and O–H groups in total. The van der Waals surface area contributed by atoms with Crippen molar-refractivity contribution in [3.05, 3.63) is 53.7 Å². The molecule has 0 aliphatic carbocycles. The highest BCUT2D eigenvalue weighted by atomic mass is 32.2. The third-order valence-corrected chi connectivity index (χ3v) is 5.44. The number of nitrogens with two attached hydrogens (primary N) is 1. The van der Waals surface area contributed by atoms with Crippen LogP contribution in [0.4, 0.5) is 0 Å². The lowest BCUT2D eigenvalue weighted by molar-refractivity contribution is 0.0992. The minimum Gasteiger partial charge on any atom is -0.454 e. The number of para-hydroxylation sites is 1. The number of carbonyl (C=O) groups is 1. The standard InChI is InChI=1S/C18H13N3O3S/c19-18(22)14-17-15(21(20-14)10-4-2-1-3-5-10)11-6-7-13-16(24-9-23-13)12(11)8-25-17/h1-7H,8-9H2,(H2,19,22). The van der Waals surface area contributed by atoms with E-state index in [9.17, 15) is 4.79 Å². The van der Waals surface area contributed by atoms with Gasteiger partial charge in [-0.05, 0) is 24.3 Å². The number of fused-ring (bicyclic) bond motifs is 5. The summed E-state index contributed by atoms with van der Waals surface area (Å²) in [7, 11) is 0. The molecule has 5 rings (SSSR count). The summed E-state index contributed by atoms with van der Waals surface area (Å²) in [6, 6.07) is 13.6. The summed E-state index contributed by atoms with van der Waals surface area (Å²) >= 11 is 1.55. The second kappa shape index (κ2) is 5.29. The molecule has 0 saturated carbocycles. The van der Waals surface area contributed by atoms with Crippen LogP contribution < -0.4 is 15.2 Å². The van der Waals surface area contributed by atoms with Gasteiger partial charge >= 0.3 is 0 Å². The number of rotatable bonds is 2. The third-order valence-electron chi connectivity index (χ3n) is 4.33. The fraction of sp³-hybridized carbons (Fsp3) is 0.111. The molecular weight excluding hydrogens is 338 g/mol. The van der Waals surface area contributed by atoms with E-state index in [1.54, 1.807) is 16.4 Å². The summed E-state index contributed by atoms with van der Waals surface area (Å²) in [6.07, 6.45) is 0. The Hall–Kier alpha value is -2.93. The molecule has 0 spiro atoms. The van der Waals surface area contributed by atoms with E-state index in [1.165, 1.54) is 0 Å². The van der Waals surface area contributed by atoms with Gasteiger partial charge in [0.2, 0.25) is 6.79 Å². The highest BCUT2D eigenvalue weighted by Gasteiger charge is 2.32. The van der Waals surface area contributed by atoms with E-state index in [1.807, 2.05) is 42.5 Å². The summed E-state index contributed by atoms with van der Waals surface area (Å²) in [5, 5.41) is 4.50. The third kappa shape index (κ3) is 2.05. The Morgan fingerprint density at radius 1 is 1.16 bits per heavy atom. The molecule has 3 heterocycles. The molecule has 7 heteroatoms. The van der Waals surface area contributed by atoms with Gasteiger partial charge < -0.3 is 15.2 Å². The molecular formula is C18H13N3O3S. The molecule has 1 aromatic heterocycles. The van der Waals surface area contributed by atoms with Crippen LogP contribution >= 0.6 is 11.8 Å². The van der Waals surface area contributed by atoms with Crippen molar-refractivity contribution >= 4 is 17.7 Å². The van der Waals surface area contributed by atoms with Gasteiger partial charge in [-0.2, -0.15) is 5.10 Å². The van der Waals surface area contributed by atoms with E-state index in [4.69, 9.17) is 15.2 Å². The Balaban J connectivity index is 1.81. The average molecular weight is 351 g/mol. The van der Waals surface area contributed by atoms with E-state index in [2.05, 4.69) is 5.10 Å². The average Bonchev–Trinajstić information content (AvgIpc) is 3.26. The number of hydrogen-bond donors (Lipinski definition) is 1. The van der Waals surface area contributed by atoms with Gasteiger partial charge in [-0.15, -0.1) is 11.8 Å². The summed E-state index contributed by atoms with van der Waals surface area (Å²) in [6.45, 7) is 0.230. The number of thioether (sulfide) groups is 1. The maximum absolute atomic E-state index is 11.9. The fourth-order valence-corrected chi connectivity index (χ4v) is 4.42. The van der Waals surface area contributed by atoms with Crippen LogP contribution in [0, 0.1) is 0 Å². The van der Waals surface area contributed by atoms with Crippen molar-refractivity contribution in [1.29, 1.82) is 0 Å². The molecule has 3 aromatic rings. The summed E-state index contributed by atoms with van der Waals surface area (Å²) < 4.78 is 12.9. The topological polar surface area (TPSA) is 79.4 Å². The first-order valence-corrected chi connectivity index (χ1v) is 8.75. The number of aromatic nitrogens is 2. The number of primary amides is 1. The highest BCUT2D eigenvalue weighted by molar-refractivity contribution is 7.98. The molecule has 0 atom stereocenters. The Bertz CT molecular complexity index is 1010. The molecule has 0 fully saturated rings. The second-order valence-electron chi connectivity index (χ2n) is 5.75. The van der Waals surface area contributed by atoms with Crippen LogP contribution in [-0.4, -0.2) is 22.5 Å². The second-order valence-corrected chi connectivity index (χ2v) is 6.74. The van der Waals surface area contributed by atoms with Crippen LogP contribution in [-0.2, 0) is 5.75 Å². The van der Waals surface area contributed by atoms with Gasteiger partial charge in [-0.3, -0.25) is 4.79 Å². The summed E-state index contributed by atoms with van der Waals surface area (Å²) in [5.74, 6) is 1.68. The Morgan fingerprint density at radius 2 is 2.00 bits per heavy atom. The summed E-state index contributed by atoms with van der Waals surface area (Å²) in [5.41, 5.74) is 9.65. The number of nitrogens with zero attached hydrogens (tertiary/aromatic N) is 2. The maximum Gasteiger partial charge on any atom is 0.270 e. The number of ether oxygens (including phenoxy) is 2. The van der Waals surface area contributed by atoms with Crippen LogP contribution in [0.5, 0.6) is 11.5 Å². The molecule has 0 unspecified atom stereocenters. The lowest BCUT2D eigenvalue weighted by atomic mass is 10.0. The number of amides is 1. The van der Waals surface area contributed by atoms with Gasteiger partial charge in [0.25, 0.3) is 5.91 Å². The van der Waals surface area contributed by atoms with Crippen LogP contribution in [0.2, 0.25) is 0 Å². The van der Waals surface area contributed by atoms with Gasteiger partial charge in [0.05, 0.1) is 16.3 Å². The predicted molar refractivity (Wildman–Crippen MR) is 93.2 cm³/mol. The quantitative estimate of drug-likeness (QED) is 0.768. The van der Waals surface area contributed by atoms with Gasteiger partial charge in [0, 0.05) is 16.9 Å².